The SMILES string of the molecule is CC(C)Cc1ccc(-c2c3nc(c(-c4ccccc4)c4ccc([nH]4)c(-c4ccccc4)c4nc(c(-c5ccccc5)c5ccc2[nH]5)C=C4)C=C3)cc1. The zero-order valence-electron chi connectivity index (χ0n) is 29.3. The predicted octanol–water partition coefficient (Wildman–Crippen LogP) is 12.5. The number of hydrogen-bond acceptors (Lipinski definition) is 2. The molecule has 8 bridgehead atoms. The number of H-pyrrole nitrogens is 2. The number of aromatic nitrogens is 4. The fraction of sp³-hybridized carbons (Fsp3) is 0.0833. The van der Waals surface area contributed by atoms with E-state index in [9.17, 15) is 0 Å². The Balaban J connectivity index is 1.44. The standard InChI is InChI=1S/C48H38N4/c1-31(2)30-32-18-20-36(21-19-32)48-43-28-26-41(51-43)46(34-14-8-4-9-15-34)39-24-22-37(49-39)45(33-12-6-3-7-13-33)38-23-25-40(50-38)47(35-16-10-5-11-17-35)42-27-29-44(48)52-42/h3-29,31,49,52H,30H2,1-2H3. The van der Waals surface area contributed by atoms with Gasteiger partial charge in [0.25, 0.3) is 0 Å². The lowest BCUT2D eigenvalue weighted by atomic mass is 9.98. The summed E-state index contributed by atoms with van der Waals surface area (Å²) < 4.78 is 0. The number of nitrogens with zero attached hydrogens (tertiary/aromatic N) is 2. The van der Waals surface area contributed by atoms with E-state index in [0.29, 0.717) is 5.92 Å². The largest absolute Gasteiger partial charge is 0.354 e. The van der Waals surface area contributed by atoms with Crippen molar-refractivity contribution in [3.05, 3.63) is 168 Å². The molecular formula is C48H38N4. The highest BCUT2D eigenvalue weighted by atomic mass is 14.8. The highest BCUT2D eigenvalue weighted by Gasteiger charge is 2.19. The molecule has 4 aromatic carbocycles. The molecule has 2 aliphatic heterocycles. The van der Waals surface area contributed by atoms with Crippen molar-refractivity contribution in [1.29, 1.82) is 0 Å². The molecule has 7 aromatic rings. The van der Waals surface area contributed by atoms with Crippen LogP contribution in [-0.4, -0.2) is 19.9 Å². The Hall–Kier alpha value is -6.52. The third kappa shape index (κ3) is 5.88. The third-order valence-corrected chi connectivity index (χ3v) is 9.83. The molecule has 0 amide bonds. The molecule has 0 radical (unpaired) electrons. The second kappa shape index (κ2) is 13.3. The smallest absolute Gasteiger partial charge is 0.0737 e. The van der Waals surface area contributed by atoms with Gasteiger partial charge in [-0.3, -0.25) is 0 Å². The summed E-state index contributed by atoms with van der Waals surface area (Å²) in [5.41, 5.74) is 17.6. The molecule has 0 unspecified atom stereocenters. The van der Waals surface area contributed by atoms with Crippen LogP contribution in [0.1, 0.15) is 42.2 Å². The average Bonchev–Trinajstić information content (AvgIpc) is 4.01. The fourth-order valence-electron chi connectivity index (χ4n) is 7.51. The summed E-state index contributed by atoms with van der Waals surface area (Å²) in [6, 6.07) is 49.3. The van der Waals surface area contributed by atoms with Crippen LogP contribution in [0, 0.1) is 5.92 Å². The van der Waals surface area contributed by atoms with Crippen LogP contribution in [0.4, 0.5) is 0 Å². The van der Waals surface area contributed by atoms with E-state index < -0.39 is 0 Å². The predicted molar refractivity (Wildman–Crippen MR) is 219 cm³/mol. The molecule has 0 spiro atoms. The summed E-state index contributed by atoms with van der Waals surface area (Å²) >= 11 is 0. The Morgan fingerprint density at radius 3 is 1.00 bits per heavy atom. The van der Waals surface area contributed by atoms with Crippen LogP contribution in [0.25, 0.3) is 90.9 Å². The van der Waals surface area contributed by atoms with E-state index in [2.05, 4.69) is 188 Å². The topological polar surface area (TPSA) is 57.4 Å². The van der Waals surface area contributed by atoms with Gasteiger partial charge < -0.3 is 9.97 Å². The number of hydrogen-bond donors (Lipinski definition) is 2. The van der Waals surface area contributed by atoms with Gasteiger partial charge in [-0.15, -0.1) is 0 Å². The van der Waals surface area contributed by atoms with E-state index in [1.54, 1.807) is 0 Å². The first-order chi connectivity index (χ1) is 25.6. The maximum absolute atomic E-state index is 5.42. The summed E-state index contributed by atoms with van der Waals surface area (Å²) in [7, 11) is 0. The summed E-state index contributed by atoms with van der Waals surface area (Å²) in [5, 5.41) is 0. The van der Waals surface area contributed by atoms with Crippen LogP contribution in [-0.2, 0) is 6.42 Å². The van der Waals surface area contributed by atoms with Gasteiger partial charge in [0.15, 0.2) is 0 Å². The molecule has 52 heavy (non-hydrogen) atoms. The van der Waals surface area contributed by atoms with Crippen molar-refractivity contribution in [1.82, 2.24) is 19.9 Å². The summed E-state index contributed by atoms with van der Waals surface area (Å²) in [6.45, 7) is 4.53. The molecule has 0 saturated carbocycles. The molecule has 4 heteroatoms. The van der Waals surface area contributed by atoms with Gasteiger partial charge in [-0.05, 0) is 88.7 Å². The Morgan fingerprint density at radius 1 is 0.385 bits per heavy atom. The van der Waals surface area contributed by atoms with Gasteiger partial charge in [-0.2, -0.15) is 0 Å². The zero-order valence-corrected chi connectivity index (χ0v) is 29.3. The molecule has 2 N–H and O–H groups in total. The van der Waals surface area contributed by atoms with E-state index in [-0.39, 0.29) is 0 Å². The first-order valence-electron chi connectivity index (χ1n) is 18.0. The van der Waals surface area contributed by atoms with E-state index in [0.717, 1.165) is 95.8 Å². The molecule has 0 atom stereocenters. The maximum atomic E-state index is 5.42. The molecule has 0 saturated heterocycles. The monoisotopic (exact) mass is 670 g/mol. The van der Waals surface area contributed by atoms with Crippen molar-refractivity contribution in [2.75, 3.05) is 0 Å². The second-order valence-corrected chi connectivity index (χ2v) is 13.9. The van der Waals surface area contributed by atoms with Gasteiger partial charge in [0.05, 0.1) is 22.8 Å². The molecule has 2 aliphatic rings. The second-order valence-electron chi connectivity index (χ2n) is 13.9. The molecule has 0 aliphatic carbocycles. The van der Waals surface area contributed by atoms with Gasteiger partial charge in [0.1, 0.15) is 0 Å². The third-order valence-electron chi connectivity index (χ3n) is 9.83. The lowest BCUT2D eigenvalue weighted by molar-refractivity contribution is 0.647. The summed E-state index contributed by atoms with van der Waals surface area (Å²) in [4.78, 5) is 18.5. The van der Waals surface area contributed by atoms with Gasteiger partial charge in [0.2, 0.25) is 0 Å². The van der Waals surface area contributed by atoms with E-state index in [1.807, 2.05) is 0 Å². The highest BCUT2D eigenvalue weighted by molar-refractivity contribution is 5.99. The minimum Gasteiger partial charge on any atom is -0.354 e. The molecule has 4 nitrogen and oxygen atoms in total. The average molecular weight is 671 g/mol. The number of rotatable bonds is 6. The lowest BCUT2D eigenvalue weighted by Gasteiger charge is -2.08. The lowest BCUT2D eigenvalue weighted by Crippen LogP contribution is -1.94. The van der Waals surface area contributed by atoms with Gasteiger partial charge in [0, 0.05) is 44.3 Å². The zero-order chi connectivity index (χ0) is 35.0. The Bertz CT molecular complexity index is 2600. The number of benzene rings is 4. The van der Waals surface area contributed by atoms with Crippen LogP contribution < -0.4 is 0 Å². The molecule has 9 rings (SSSR count). The van der Waals surface area contributed by atoms with Crippen LogP contribution in [0.3, 0.4) is 0 Å². The minimum atomic E-state index is 0.588. The summed E-state index contributed by atoms with van der Waals surface area (Å²) in [6.07, 6.45) is 9.65. The van der Waals surface area contributed by atoms with Crippen molar-refractivity contribution >= 4 is 46.4 Å². The van der Waals surface area contributed by atoms with Crippen molar-refractivity contribution in [2.24, 2.45) is 5.92 Å². The van der Waals surface area contributed by atoms with Crippen molar-refractivity contribution < 1.29 is 0 Å². The minimum absolute atomic E-state index is 0.588. The fourth-order valence-corrected chi connectivity index (χ4v) is 7.51. The Morgan fingerprint density at radius 2 is 0.692 bits per heavy atom. The first-order valence-corrected chi connectivity index (χ1v) is 18.0. The van der Waals surface area contributed by atoms with E-state index in [4.69, 9.17) is 9.97 Å². The summed E-state index contributed by atoms with van der Waals surface area (Å²) in [5.74, 6) is 0.588. The molecule has 5 heterocycles. The van der Waals surface area contributed by atoms with Crippen molar-refractivity contribution in [3.63, 3.8) is 0 Å². The first kappa shape index (κ1) is 31.5. The molecule has 3 aromatic heterocycles. The quantitative estimate of drug-likeness (QED) is 0.185. The van der Waals surface area contributed by atoms with Crippen LogP contribution in [0.15, 0.2) is 140 Å². The molecule has 0 fully saturated rings. The van der Waals surface area contributed by atoms with Gasteiger partial charge in [-0.1, -0.05) is 129 Å². The number of aromatic amines is 2. The highest BCUT2D eigenvalue weighted by Crippen LogP contribution is 2.38. The van der Waals surface area contributed by atoms with E-state index in [1.165, 1.54) is 5.56 Å². The Labute approximate surface area is 303 Å². The normalized spacial score (nSPS) is 12.1. The number of fused-ring (bicyclic) bond motifs is 8. The van der Waals surface area contributed by atoms with Gasteiger partial charge >= 0.3 is 0 Å². The van der Waals surface area contributed by atoms with Crippen molar-refractivity contribution in [2.45, 2.75) is 20.3 Å². The van der Waals surface area contributed by atoms with Crippen LogP contribution in [0.2, 0.25) is 0 Å². The van der Waals surface area contributed by atoms with Crippen LogP contribution in [0.5, 0.6) is 0 Å². The molecule has 250 valence electrons. The van der Waals surface area contributed by atoms with Crippen molar-refractivity contribution in [3.8, 4) is 44.5 Å². The molecular weight excluding hydrogens is 633 g/mol. The van der Waals surface area contributed by atoms with Gasteiger partial charge in [-0.25, -0.2) is 9.97 Å². The maximum Gasteiger partial charge on any atom is 0.0737 e. The van der Waals surface area contributed by atoms with Crippen LogP contribution >= 0.6 is 0 Å². The van der Waals surface area contributed by atoms with E-state index >= 15 is 0 Å². The Kier molecular flexibility index (Phi) is 8.05. The number of nitrogens with one attached hydrogen (secondary N) is 2.